The SMILES string of the molecule is CCn1c(CN2CCOCC2)nc2cc(NC(=O)c3ccc(OC)cc3)ccc21. The fourth-order valence-electron chi connectivity index (χ4n) is 3.64. The number of hydrogen-bond donors (Lipinski definition) is 1. The maximum atomic E-state index is 12.5. The van der Waals surface area contributed by atoms with Crippen molar-refractivity contribution in [1.82, 2.24) is 14.5 Å². The first-order valence-corrected chi connectivity index (χ1v) is 9.92. The molecule has 1 N–H and O–H groups in total. The number of rotatable bonds is 6. The van der Waals surface area contributed by atoms with Gasteiger partial charge in [0.2, 0.25) is 0 Å². The number of amides is 1. The van der Waals surface area contributed by atoms with Crippen LogP contribution < -0.4 is 10.1 Å². The first-order chi connectivity index (χ1) is 14.2. The Bertz CT molecular complexity index is 991. The van der Waals surface area contributed by atoms with Crippen LogP contribution in [0, 0.1) is 0 Å². The lowest BCUT2D eigenvalue weighted by atomic mass is 10.2. The Morgan fingerprint density at radius 3 is 2.62 bits per heavy atom. The van der Waals surface area contributed by atoms with E-state index in [2.05, 4.69) is 21.7 Å². The third-order valence-electron chi connectivity index (χ3n) is 5.22. The fourth-order valence-corrected chi connectivity index (χ4v) is 3.64. The smallest absolute Gasteiger partial charge is 0.255 e. The normalized spacial score (nSPS) is 14.8. The fraction of sp³-hybridized carbons (Fsp3) is 0.364. The second kappa shape index (κ2) is 8.63. The van der Waals surface area contributed by atoms with Gasteiger partial charge in [-0.1, -0.05) is 0 Å². The Kier molecular flexibility index (Phi) is 5.78. The van der Waals surface area contributed by atoms with Gasteiger partial charge in [-0.2, -0.15) is 0 Å². The lowest BCUT2D eigenvalue weighted by Gasteiger charge is -2.26. The van der Waals surface area contributed by atoms with E-state index in [4.69, 9.17) is 14.5 Å². The number of morpholine rings is 1. The van der Waals surface area contributed by atoms with Crippen LogP contribution in [-0.2, 0) is 17.8 Å². The van der Waals surface area contributed by atoms with Crippen molar-refractivity contribution in [2.24, 2.45) is 0 Å². The number of benzene rings is 2. The number of aryl methyl sites for hydroxylation is 1. The van der Waals surface area contributed by atoms with Crippen molar-refractivity contribution in [3.05, 3.63) is 53.9 Å². The van der Waals surface area contributed by atoms with Crippen LogP contribution in [0.4, 0.5) is 5.69 Å². The number of hydrogen-bond acceptors (Lipinski definition) is 5. The summed E-state index contributed by atoms with van der Waals surface area (Å²) < 4.78 is 12.8. The maximum absolute atomic E-state index is 12.5. The number of fused-ring (bicyclic) bond motifs is 1. The standard InChI is InChI=1S/C22H26N4O3/c1-3-26-20-9-6-17(23-22(27)16-4-7-18(28-2)8-5-16)14-19(20)24-21(26)15-25-10-12-29-13-11-25/h4-9,14H,3,10-13,15H2,1-2H3,(H,23,27). The second-order valence-electron chi connectivity index (χ2n) is 7.05. The Hall–Kier alpha value is -2.90. The molecule has 0 atom stereocenters. The summed E-state index contributed by atoms with van der Waals surface area (Å²) in [6.07, 6.45) is 0. The van der Waals surface area contributed by atoms with E-state index in [1.807, 2.05) is 18.2 Å². The first-order valence-electron chi connectivity index (χ1n) is 9.92. The van der Waals surface area contributed by atoms with Crippen LogP contribution in [0.3, 0.4) is 0 Å². The van der Waals surface area contributed by atoms with E-state index in [1.54, 1.807) is 31.4 Å². The number of nitrogens with one attached hydrogen (secondary N) is 1. The zero-order chi connectivity index (χ0) is 20.2. The number of anilines is 1. The van der Waals surface area contributed by atoms with Crippen molar-refractivity contribution < 1.29 is 14.3 Å². The molecule has 1 fully saturated rings. The molecule has 1 amide bonds. The van der Waals surface area contributed by atoms with Crippen molar-refractivity contribution in [2.45, 2.75) is 20.0 Å². The zero-order valence-corrected chi connectivity index (χ0v) is 16.9. The highest BCUT2D eigenvalue weighted by molar-refractivity contribution is 6.05. The van der Waals surface area contributed by atoms with Gasteiger partial charge in [-0.05, 0) is 49.4 Å². The molecule has 1 aliphatic heterocycles. The number of aromatic nitrogens is 2. The summed E-state index contributed by atoms with van der Waals surface area (Å²) >= 11 is 0. The Morgan fingerprint density at radius 2 is 1.93 bits per heavy atom. The molecule has 1 saturated heterocycles. The Labute approximate surface area is 170 Å². The lowest BCUT2D eigenvalue weighted by molar-refractivity contribution is 0.0327. The summed E-state index contributed by atoms with van der Waals surface area (Å²) in [7, 11) is 1.60. The van der Waals surface area contributed by atoms with E-state index in [0.717, 1.165) is 67.7 Å². The molecule has 3 aromatic rings. The van der Waals surface area contributed by atoms with Gasteiger partial charge in [0.1, 0.15) is 11.6 Å². The average molecular weight is 394 g/mol. The molecule has 2 aromatic carbocycles. The maximum Gasteiger partial charge on any atom is 0.255 e. The van der Waals surface area contributed by atoms with Crippen LogP contribution in [0.15, 0.2) is 42.5 Å². The molecule has 1 aromatic heterocycles. The van der Waals surface area contributed by atoms with Gasteiger partial charge in [-0.3, -0.25) is 9.69 Å². The van der Waals surface area contributed by atoms with Crippen molar-refractivity contribution in [3.8, 4) is 5.75 Å². The van der Waals surface area contributed by atoms with Gasteiger partial charge in [0.25, 0.3) is 5.91 Å². The van der Waals surface area contributed by atoms with Gasteiger partial charge in [-0.25, -0.2) is 4.98 Å². The quantitative estimate of drug-likeness (QED) is 0.696. The third kappa shape index (κ3) is 4.26. The van der Waals surface area contributed by atoms with Crippen molar-refractivity contribution in [1.29, 1.82) is 0 Å². The molecule has 0 saturated carbocycles. The van der Waals surface area contributed by atoms with Crippen LogP contribution >= 0.6 is 0 Å². The van der Waals surface area contributed by atoms with Crippen LogP contribution in [-0.4, -0.2) is 53.8 Å². The molecule has 7 heteroatoms. The van der Waals surface area contributed by atoms with Gasteiger partial charge >= 0.3 is 0 Å². The van der Waals surface area contributed by atoms with E-state index in [0.29, 0.717) is 5.56 Å². The molecule has 1 aliphatic rings. The molecule has 4 rings (SSSR count). The molecule has 0 radical (unpaired) electrons. The number of nitrogens with zero attached hydrogens (tertiary/aromatic N) is 3. The first kappa shape index (κ1) is 19.4. The van der Waals surface area contributed by atoms with E-state index in [1.165, 1.54) is 0 Å². The van der Waals surface area contributed by atoms with E-state index < -0.39 is 0 Å². The highest BCUT2D eigenvalue weighted by atomic mass is 16.5. The monoisotopic (exact) mass is 394 g/mol. The van der Waals surface area contributed by atoms with Crippen LogP contribution in [0.2, 0.25) is 0 Å². The number of carbonyl (C=O) groups is 1. The minimum atomic E-state index is -0.157. The van der Waals surface area contributed by atoms with E-state index in [-0.39, 0.29) is 5.91 Å². The molecule has 0 bridgehead atoms. The predicted molar refractivity (Wildman–Crippen MR) is 112 cm³/mol. The van der Waals surface area contributed by atoms with Gasteiger partial charge < -0.3 is 19.4 Å². The third-order valence-corrected chi connectivity index (χ3v) is 5.22. The van der Waals surface area contributed by atoms with Crippen LogP contribution in [0.1, 0.15) is 23.1 Å². The lowest BCUT2D eigenvalue weighted by Crippen LogP contribution is -2.36. The minimum absolute atomic E-state index is 0.157. The van der Waals surface area contributed by atoms with E-state index in [9.17, 15) is 4.79 Å². The Balaban J connectivity index is 1.54. The molecule has 0 aliphatic carbocycles. The summed E-state index contributed by atoms with van der Waals surface area (Å²) in [5, 5.41) is 2.96. The number of methoxy groups -OCH3 is 1. The number of carbonyl (C=O) groups excluding carboxylic acids is 1. The van der Waals surface area contributed by atoms with Crippen molar-refractivity contribution in [2.75, 3.05) is 38.7 Å². The molecule has 2 heterocycles. The molecule has 7 nitrogen and oxygen atoms in total. The van der Waals surface area contributed by atoms with Crippen molar-refractivity contribution >= 4 is 22.6 Å². The predicted octanol–water partition coefficient (Wildman–Crippen LogP) is 3.15. The van der Waals surface area contributed by atoms with E-state index >= 15 is 0 Å². The highest BCUT2D eigenvalue weighted by Crippen LogP contribution is 2.22. The largest absolute Gasteiger partial charge is 0.497 e. The molecular formula is C22H26N4O3. The summed E-state index contributed by atoms with van der Waals surface area (Å²) in [5.41, 5.74) is 3.29. The second-order valence-corrected chi connectivity index (χ2v) is 7.05. The number of ether oxygens (including phenoxy) is 2. The molecule has 29 heavy (non-hydrogen) atoms. The Morgan fingerprint density at radius 1 is 1.17 bits per heavy atom. The summed E-state index contributed by atoms with van der Waals surface area (Å²) in [6.45, 7) is 7.18. The highest BCUT2D eigenvalue weighted by Gasteiger charge is 2.16. The average Bonchev–Trinajstić information content (AvgIpc) is 3.10. The van der Waals surface area contributed by atoms with Gasteiger partial charge in [0, 0.05) is 30.9 Å². The molecule has 0 unspecified atom stereocenters. The summed E-state index contributed by atoms with van der Waals surface area (Å²) in [4.78, 5) is 19.8. The minimum Gasteiger partial charge on any atom is -0.497 e. The van der Waals surface area contributed by atoms with Gasteiger partial charge in [0.15, 0.2) is 0 Å². The van der Waals surface area contributed by atoms with Crippen LogP contribution in [0.5, 0.6) is 5.75 Å². The topological polar surface area (TPSA) is 68.6 Å². The van der Waals surface area contributed by atoms with Crippen molar-refractivity contribution in [3.63, 3.8) is 0 Å². The van der Waals surface area contributed by atoms with Gasteiger partial charge in [-0.15, -0.1) is 0 Å². The summed E-state index contributed by atoms with van der Waals surface area (Å²) in [5.74, 6) is 1.61. The molecular weight excluding hydrogens is 368 g/mol. The zero-order valence-electron chi connectivity index (χ0n) is 16.9. The van der Waals surface area contributed by atoms with Crippen LogP contribution in [0.25, 0.3) is 11.0 Å². The van der Waals surface area contributed by atoms with Gasteiger partial charge in [0.05, 0.1) is 37.9 Å². The summed E-state index contributed by atoms with van der Waals surface area (Å²) in [6, 6.07) is 12.9. The molecule has 152 valence electrons. The number of imidazole rings is 1. The molecule has 0 spiro atoms.